The standard InChI is InChI=1S/C26H18BrClN2O3S/c1-13-10-14(2)21-19(11-13)34-26(29-21)30-22(16-4-3-5-17(27)12-16)20(24(32)25(30)33)23(31)15-6-8-18(28)9-7-15/h3-12,22,31H,1-2H3/b23-20+/t22-/m1/s1. The Morgan fingerprint density at radius 1 is 1.09 bits per heavy atom. The second-order valence-electron chi connectivity index (χ2n) is 8.16. The van der Waals surface area contributed by atoms with Gasteiger partial charge in [-0.3, -0.25) is 14.5 Å². The summed E-state index contributed by atoms with van der Waals surface area (Å²) in [7, 11) is 0. The SMILES string of the molecule is Cc1cc(C)c2nc(N3C(=O)C(=O)/C(=C(/O)c4ccc(Cl)cc4)[C@H]3c3cccc(Br)c3)sc2c1. The molecule has 1 amide bonds. The van der Waals surface area contributed by atoms with Gasteiger partial charge in [-0.05, 0) is 73.0 Å². The van der Waals surface area contributed by atoms with E-state index in [9.17, 15) is 14.7 Å². The van der Waals surface area contributed by atoms with Crippen LogP contribution < -0.4 is 4.90 Å². The number of anilines is 1. The Morgan fingerprint density at radius 2 is 1.82 bits per heavy atom. The van der Waals surface area contributed by atoms with Gasteiger partial charge in [-0.15, -0.1) is 0 Å². The van der Waals surface area contributed by atoms with Crippen LogP contribution in [0, 0.1) is 13.8 Å². The van der Waals surface area contributed by atoms with Crippen molar-refractivity contribution in [3.8, 4) is 0 Å². The number of ketones is 1. The minimum Gasteiger partial charge on any atom is -0.507 e. The largest absolute Gasteiger partial charge is 0.507 e. The summed E-state index contributed by atoms with van der Waals surface area (Å²) in [5, 5.41) is 12.1. The number of carbonyl (C=O) groups excluding carboxylic acids is 2. The molecule has 170 valence electrons. The van der Waals surface area contributed by atoms with E-state index in [0.29, 0.717) is 21.3 Å². The van der Waals surface area contributed by atoms with E-state index in [2.05, 4.69) is 15.9 Å². The van der Waals surface area contributed by atoms with Gasteiger partial charge in [0.1, 0.15) is 5.76 Å². The van der Waals surface area contributed by atoms with Crippen molar-refractivity contribution in [2.45, 2.75) is 19.9 Å². The van der Waals surface area contributed by atoms with E-state index in [1.807, 2.05) is 50.2 Å². The van der Waals surface area contributed by atoms with Crippen molar-refractivity contribution >= 4 is 71.7 Å². The number of hydrogen-bond donors (Lipinski definition) is 1. The van der Waals surface area contributed by atoms with Crippen molar-refractivity contribution in [2.75, 3.05) is 4.90 Å². The fourth-order valence-corrected chi connectivity index (χ4v) is 5.96. The van der Waals surface area contributed by atoms with Crippen LogP contribution in [0.3, 0.4) is 0 Å². The van der Waals surface area contributed by atoms with Gasteiger partial charge in [0.25, 0.3) is 5.78 Å². The number of aliphatic hydroxyl groups excluding tert-OH is 1. The van der Waals surface area contributed by atoms with Crippen LogP contribution in [0.25, 0.3) is 16.0 Å². The van der Waals surface area contributed by atoms with E-state index in [-0.39, 0.29) is 11.3 Å². The summed E-state index contributed by atoms with van der Waals surface area (Å²) in [6, 6.07) is 17.0. The molecule has 1 fully saturated rings. The Morgan fingerprint density at radius 3 is 2.53 bits per heavy atom. The molecule has 8 heteroatoms. The lowest BCUT2D eigenvalue weighted by Gasteiger charge is -2.23. The Hall–Kier alpha value is -3.00. The molecule has 0 bridgehead atoms. The zero-order valence-electron chi connectivity index (χ0n) is 18.2. The third kappa shape index (κ3) is 3.83. The number of Topliss-reactive ketones (excluding diaryl/α,β-unsaturated/α-hetero) is 1. The zero-order valence-corrected chi connectivity index (χ0v) is 21.3. The number of aryl methyl sites for hydroxylation is 2. The first kappa shape index (κ1) is 22.8. The number of carbonyl (C=O) groups is 2. The maximum absolute atomic E-state index is 13.4. The molecule has 1 aliphatic heterocycles. The van der Waals surface area contributed by atoms with Crippen LogP contribution in [0.2, 0.25) is 5.02 Å². The fourth-order valence-electron chi connectivity index (χ4n) is 4.25. The molecule has 3 aromatic carbocycles. The first-order valence-electron chi connectivity index (χ1n) is 10.4. The van der Waals surface area contributed by atoms with Crippen molar-refractivity contribution in [3.05, 3.63) is 98.0 Å². The first-order valence-corrected chi connectivity index (χ1v) is 12.4. The number of halogens is 2. The number of nitrogens with zero attached hydrogens (tertiary/aromatic N) is 2. The minimum atomic E-state index is -0.838. The molecule has 1 aliphatic rings. The molecule has 0 unspecified atom stereocenters. The highest BCUT2D eigenvalue weighted by molar-refractivity contribution is 9.10. The molecule has 5 rings (SSSR count). The van der Waals surface area contributed by atoms with E-state index in [1.165, 1.54) is 16.2 Å². The lowest BCUT2D eigenvalue weighted by molar-refractivity contribution is -0.132. The molecular formula is C26H18BrClN2O3S. The van der Waals surface area contributed by atoms with E-state index < -0.39 is 17.7 Å². The average molecular weight is 554 g/mol. The number of amides is 1. The number of fused-ring (bicyclic) bond motifs is 1. The van der Waals surface area contributed by atoms with Crippen molar-refractivity contribution in [2.24, 2.45) is 0 Å². The molecule has 0 radical (unpaired) electrons. The highest BCUT2D eigenvalue weighted by atomic mass is 79.9. The maximum Gasteiger partial charge on any atom is 0.301 e. The predicted octanol–water partition coefficient (Wildman–Crippen LogP) is 6.96. The number of aliphatic hydroxyl groups is 1. The van der Waals surface area contributed by atoms with Gasteiger partial charge >= 0.3 is 5.91 Å². The monoisotopic (exact) mass is 552 g/mol. The maximum atomic E-state index is 13.4. The van der Waals surface area contributed by atoms with Crippen molar-refractivity contribution < 1.29 is 14.7 Å². The molecule has 5 nitrogen and oxygen atoms in total. The Kier molecular flexibility index (Phi) is 5.80. The van der Waals surface area contributed by atoms with Crippen molar-refractivity contribution in [1.82, 2.24) is 4.98 Å². The summed E-state index contributed by atoms with van der Waals surface area (Å²) in [5.41, 5.74) is 3.97. The van der Waals surface area contributed by atoms with Gasteiger partial charge in [-0.25, -0.2) is 4.98 Å². The first-order chi connectivity index (χ1) is 16.2. The number of benzene rings is 3. The number of thiazole rings is 1. The highest BCUT2D eigenvalue weighted by Gasteiger charge is 2.48. The molecule has 4 aromatic rings. The lowest BCUT2D eigenvalue weighted by Crippen LogP contribution is -2.29. The second kappa shape index (κ2) is 8.65. The molecular weight excluding hydrogens is 536 g/mol. The molecule has 2 heterocycles. The third-order valence-electron chi connectivity index (χ3n) is 5.75. The summed E-state index contributed by atoms with van der Waals surface area (Å²) in [6.45, 7) is 3.98. The van der Waals surface area contributed by atoms with Crippen LogP contribution >= 0.6 is 38.9 Å². The van der Waals surface area contributed by atoms with Gasteiger partial charge in [0, 0.05) is 15.1 Å². The molecule has 34 heavy (non-hydrogen) atoms. The molecule has 1 N–H and O–H groups in total. The summed E-state index contributed by atoms with van der Waals surface area (Å²) >= 11 is 10.8. The summed E-state index contributed by atoms with van der Waals surface area (Å²) in [6.07, 6.45) is 0. The van der Waals surface area contributed by atoms with Gasteiger partial charge in [-0.2, -0.15) is 0 Å². The Balaban J connectivity index is 1.75. The van der Waals surface area contributed by atoms with Gasteiger partial charge in [0.2, 0.25) is 0 Å². The molecule has 0 spiro atoms. The number of aromatic nitrogens is 1. The minimum absolute atomic E-state index is 0.0116. The van der Waals surface area contributed by atoms with Crippen LogP contribution in [0.4, 0.5) is 5.13 Å². The van der Waals surface area contributed by atoms with Gasteiger partial charge in [0.15, 0.2) is 5.13 Å². The van der Waals surface area contributed by atoms with Crippen LogP contribution in [0.5, 0.6) is 0 Å². The predicted molar refractivity (Wildman–Crippen MR) is 139 cm³/mol. The van der Waals surface area contributed by atoms with E-state index >= 15 is 0 Å². The second-order valence-corrected chi connectivity index (χ2v) is 10.5. The lowest BCUT2D eigenvalue weighted by atomic mass is 9.95. The van der Waals surface area contributed by atoms with E-state index in [4.69, 9.17) is 16.6 Å². The molecule has 1 atom stereocenters. The van der Waals surface area contributed by atoms with Gasteiger partial charge < -0.3 is 5.11 Å². The summed E-state index contributed by atoms with van der Waals surface area (Å²) < 4.78 is 1.72. The van der Waals surface area contributed by atoms with E-state index in [1.54, 1.807) is 24.3 Å². The quantitative estimate of drug-likeness (QED) is 0.169. The van der Waals surface area contributed by atoms with Crippen LogP contribution in [-0.2, 0) is 9.59 Å². The molecule has 1 aromatic heterocycles. The van der Waals surface area contributed by atoms with Gasteiger partial charge in [0.05, 0.1) is 21.8 Å². The topological polar surface area (TPSA) is 70.5 Å². The van der Waals surface area contributed by atoms with Crippen LogP contribution in [-0.4, -0.2) is 21.8 Å². The molecule has 1 saturated heterocycles. The summed E-state index contributed by atoms with van der Waals surface area (Å²) in [5.74, 6) is -1.74. The highest BCUT2D eigenvalue weighted by Crippen LogP contribution is 2.45. The van der Waals surface area contributed by atoms with Gasteiger partial charge in [-0.1, -0.05) is 57.1 Å². The van der Waals surface area contributed by atoms with Crippen molar-refractivity contribution in [1.29, 1.82) is 0 Å². The number of rotatable bonds is 3. The normalized spacial score (nSPS) is 17.6. The van der Waals surface area contributed by atoms with Crippen molar-refractivity contribution in [3.63, 3.8) is 0 Å². The smallest absolute Gasteiger partial charge is 0.301 e. The Labute approximate surface area is 213 Å². The van der Waals surface area contributed by atoms with Crippen LogP contribution in [0.1, 0.15) is 28.3 Å². The third-order valence-corrected chi connectivity index (χ3v) is 7.50. The average Bonchev–Trinajstić information content (AvgIpc) is 3.33. The fraction of sp³-hybridized carbons (Fsp3) is 0.115. The molecule has 0 aliphatic carbocycles. The number of hydrogen-bond acceptors (Lipinski definition) is 5. The van der Waals surface area contributed by atoms with E-state index in [0.717, 1.165) is 25.8 Å². The summed E-state index contributed by atoms with van der Waals surface area (Å²) in [4.78, 5) is 32.8. The zero-order chi connectivity index (χ0) is 24.1. The molecule has 0 saturated carbocycles. The Bertz CT molecular complexity index is 1510. The van der Waals surface area contributed by atoms with Crippen LogP contribution in [0.15, 0.2) is 70.7 Å².